The number of nitrogens with two attached hydrogens (primary N) is 1. The van der Waals surface area contributed by atoms with Gasteiger partial charge in [-0.25, -0.2) is 0 Å². The quantitative estimate of drug-likeness (QED) is 0.296. The Morgan fingerprint density at radius 3 is 2.44 bits per heavy atom. The van der Waals surface area contributed by atoms with Crippen molar-refractivity contribution in [2.24, 2.45) is 17.6 Å². The summed E-state index contributed by atoms with van der Waals surface area (Å²) in [6, 6.07) is 13.8. The molecule has 1 fully saturated rings. The number of aromatic amines is 1. The molecular formula is C28H43N3O3. The molecule has 4 N–H and O–H groups in total. The minimum Gasteiger partial charge on any atom is -0.463 e. The van der Waals surface area contributed by atoms with Gasteiger partial charge in [-0.15, -0.1) is 0 Å². The van der Waals surface area contributed by atoms with Crippen LogP contribution in [0.25, 0.3) is 5.70 Å². The Hall–Kier alpha value is -2.86. The van der Waals surface area contributed by atoms with Crippen molar-refractivity contribution < 1.29 is 14.3 Å². The van der Waals surface area contributed by atoms with Gasteiger partial charge in [-0.05, 0) is 55.5 Å². The second kappa shape index (κ2) is 15.9. The summed E-state index contributed by atoms with van der Waals surface area (Å²) in [7, 11) is 0. The van der Waals surface area contributed by atoms with Crippen LogP contribution in [0, 0.1) is 17.2 Å². The van der Waals surface area contributed by atoms with Gasteiger partial charge < -0.3 is 25.6 Å². The summed E-state index contributed by atoms with van der Waals surface area (Å²) in [5.41, 5.74) is 9.13. The molecule has 1 aliphatic rings. The first kappa shape index (κ1) is 29.2. The monoisotopic (exact) mass is 469 g/mol. The highest BCUT2D eigenvalue weighted by molar-refractivity contribution is 5.72. The number of rotatable bonds is 9. The lowest BCUT2D eigenvalue weighted by Crippen LogP contribution is -2.23. The maximum Gasteiger partial charge on any atom is 0.309 e. The number of hydrogen-bond donors (Lipinski definition) is 3. The maximum absolute atomic E-state index is 12.2. The fourth-order valence-corrected chi connectivity index (χ4v) is 3.33. The van der Waals surface area contributed by atoms with Gasteiger partial charge in [-0.3, -0.25) is 4.79 Å². The van der Waals surface area contributed by atoms with Gasteiger partial charge in [0.05, 0.1) is 23.8 Å². The molecule has 2 heterocycles. The van der Waals surface area contributed by atoms with E-state index in [1.807, 2.05) is 70.2 Å². The number of carbonyl (C=O) groups excluding carboxylic acids is 1. The Kier molecular flexibility index (Phi) is 13.6. The van der Waals surface area contributed by atoms with Crippen LogP contribution < -0.4 is 5.73 Å². The van der Waals surface area contributed by atoms with E-state index >= 15 is 0 Å². The van der Waals surface area contributed by atoms with Crippen LogP contribution in [0.3, 0.4) is 0 Å². The number of ether oxygens (including phenoxy) is 2. The van der Waals surface area contributed by atoms with Crippen molar-refractivity contribution in [3.8, 4) is 0 Å². The van der Waals surface area contributed by atoms with E-state index < -0.39 is 0 Å². The van der Waals surface area contributed by atoms with Crippen LogP contribution in [-0.2, 0) is 20.7 Å². The van der Waals surface area contributed by atoms with Crippen molar-refractivity contribution in [2.45, 2.75) is 72.5 Å². The number of aromatic nitrogens is 1. The third-order valence-electron chi connectivity index (χ3n) is 5.64. The van der Waals surface area contributed by atoms with E-state index in [-0.39, 0.29) is 24.1 Å². The summed E-state index contributed by atoms with van der Waals surface area (Å²) in [5.74, 6) is 0.128. The average Bonchev–Trinajstić information content (AvgIpc) is 3.54. The van der Waals surface area contributed by atoms with E-state index in [9.17, 15) is 4.79 Å². The highest BCUT2D eigenvalue weighted by atomic mass is 16.6. The molecule has 0 amide bonds. The van der Waals surface area contributed by atoms with Crippen LogP contribution in [0.15, 0.2) is 49.0 Å². The molecule has 6 heteroatoms. The summed E-state index contributed by atoms with van der Waals surface area (Å²) in [6.07, 6.45) is 4.90. The zero-order valence-corrected chi connectivity index (χ0v) is 21.5. The molecule has 1 saturated heterocycles. The Balaban J connectivity index is 0.000000631. The van der Waals surface area contributed by atoms with Gasteiger partial charge in [-0.1, -0.05) is 71.5 Å². The fraction of sp³-hybridized carbons (Fsp3) is 0.500. The number of nitrogens with one attached hydrogen (secondary N) is 2. The van der Waals surface area contributed by atoms with Crippen molar-refractivity contribution in [3.63, 3.8) is 0 Å². The topological polar surface area (TPSA) is 101 Å². The molecule has 3 rings (SSSR count). The van der Waals surface area contributed by atoms with E-state index in [1.54, 1.807) is 0 Å². The second-order valence-electron chi connectivity index (χ2n) is 8.45. The summed E-state index contributed by atoms with van der Waals surface area (Å²) >= 11 is 0. The van der Waals surface area contributed by atoms with Crippen LogP contribution in [0.1, 0.15) is 76.9 Å². The number of benzene rings is 1. The fourth-order valence-electron chi connectivity index (χ4n) is 3.33. The predicted molar refractivity (Wildman–Crippen MR) is 141 cm³/mol. The van der Waals surface area contributed by atoms with E-state index in [1.165, 1.54) is 6.21 Å². The van der Waals surface area contributed by atoms with Gasteiger partial charge in [0.15, 0.2) is 0 Å². The molecule has 4 atom stereocenters. The van der Waals surface area contributed by atoms with Crippen LogP contribution in [0.4, 0.5) is 0 Å². The van der Waals surface area contributed by atoms with Crippen LogP contribution in [-0.4, -0.2) is 29.9 Å². The van der Waals surface area contributed by atoms with Crippen molar-refractivity contribution in [1.29, 1.82) is 5.41 Å². The van der Waals surface area contributed by atoms with Gasteiger partial charge in [0, 0.05) is 11.4 Å². The Morgan fingerprint density at radius 2 is 1.91 bits per heavy atom. The lowest BCUT2D eigenvalue weighted by atomic mass is 10.0. The zero-order valence-electron chi connectivity index (χ0n) is 21.5. The normalized spacial score (nSPS) is 18.4. The third-order valence-corrected chi connectivity index (χ3v) is 5.64. The summed E-state index contributed by atoms with van der Waals surface area (Å²) < 4.78 is 11.5. The van der Waals surface area contributed by atoms with Crippen LogP contribution in [0.2, 0.25) is 0 Å². The number of hydrogen-bond acceptors (Lipinski definition) is 5. The average molecular weight is 470 g/mol. The Bertz CT molecular complexity index is 863. The van der Waals surface area contributed by atoms with Gasteiger partial charge >= 0.3 is 5.97 Å². The Morgan fingerprint density at radius 1 is 1.24 bits per heavy atom. The van der Waals surface area contributed by atoms with Gasteiger partial charge in [0.2, 0.25) is 0 Å². The van der Waals surface area contributed by atoms with Crippen molar-refractivity contribution >= 4 is 17.9 Å². The standard InChI is InChI=1S/C21H26N2O3.C5H11N.C2H6/c1-14(12-16-6-4-3-5-7-16)21(24)25-13-17-8-11-20(26-17)19-10-9-18(23-19)15(2)22;1-3-5(2)4-6;1-2/h3-7,9-10,14,17,20,23H,2,8,11-13,22H2,1H3;4-6H,3H2,1-2H3;1-2H3. The molecule has 0 spiro atoms. The van der Waals surface area contributed by atoms with Crippen molar-refractivity contribution in [3.05, 3.63) is 66.0 Å². The van der Waals surface area contributed by atoms with Gasteiger partial charge in [0.25, 0.3) is 0 Å². The van der Waals surface area contributed by atoms with Crippen molar-refractivity contribution in [1.82, 2.24) is 4.98 Å². The molecule has 0 bridgehead atoms. The maximum atomic E-state index is 12.2. The largest absolute Gasteiger partial charge is 0.463 e. The predicted octanol–water partition coefficient (Wildman–Crippen LogP) is 6.29. The molecule has 0 aliphatic carbocycles. The summed E-state index contributed by atoms with van der Waals surface area (Å²) in [6.45, 7) is 14.0. The SMILES string of the molecule is C=C(N)c1ccc(C2CCC(COC(=O)C(C)Cc3ccccc3)O2)[nH]1.CC.CCC(C)C=N. The first-order valence-corrected chi connectivity index (χ1v) is 12.3. The molecule has 2 aromatic rings. The molecule has 1 aromatic carbocycles. The lowest BCUT2D eigenvalue weighted by molar-refractivity contribution is -0.151. The summed E-state index contributed by atoms with van der Waals surface area (Å²) in [5, 5.41) is 6.68. The second-order valence-corrected chi connectivity index (χ2v) is 8.45. The molecular weight excluding hydrogens is 426 g/mol. The molecule has 0 saturated carbocycles. The lowest BCUT2D eigenvalue weighted by Gasteiger charge is -2.16. The van der Waals surface area contributed by atoms with E-state index in [4.69, 9.17) is 20.6 Å². The summed E-state index contributed by atoms with van der Waals surface area (Å²) in [4.78, 5) is 15.5. The van der Waals surface area contributed by atoms with E-state index in [2.05, 4.69) is 18.5 Å². The van der Waals surface area contributed by atoms with Gasteiger partial charge in [-0.2, -0.15) is 0 Å². The third kappa shape index (κ3) is 9.96. The molecule has 6 nitrogen and oxygen atoms in total. The Labute approximate surface area is 205 Å². The van der Waals surface area contributed by atoms with Crippen LogP contribution in [0.5, 0.6) is 0 Å². The molecule has 1 aromatic heterocycles. The minimum absolute atomic E-state index is 0.0199. The number of esters is 1. The number of H-pyrrole nitrogens is 1. The van der Waals surface area contributed by atoms with Crippen molar-refractivity contribution in [2.75, 3.05) is 6.61 Å². The van der Waals surface area contributed by atoms with E-state index in [0.29, 0.717) is 24.6 Å². The highest BCUT2D eigenvalue weighted by Crippen LogP contribution is 2.32. The zero-order chi connectivity index (χ0) is 25.5. The number of carbonyl (C=O) groups is 1. The smallest absolute Gasteiger partial charge is 0.309 e. The first-order chi connectivity index (χ1) is 16.3. The minimum atomic E-state index is -0.178. The molecule has 34 heavy (non-hydrogen) atoms. The highest BCUT2D eigenvalue weighted by Gasteiger charge is 2.29. The van der Waals surface area contributed by atoms with Crippen LogP contribution >= 0.6 is 0 Å². The molecule has 188 valence electrons. The molecule has 4 unspecified atom stereocenters. The molecule has 0 radical (unpaired) electrons. The van der Waals surface area contributed by atoms with E-state index in [0.717, 1.165) is 36.2 Å². The first-order valence-electron chi connectivity index (χ1n) is 12.3. The molecule has 1 aliphatic heterocycles. The van der Waals surface area contributed by atoms with Gasteiger partial charge in [0.1, 0.15) is 6.61 Å².